The average molecular weight is 287 g/mol. The highest BCUT2D eigenvalue weighted by molar-refractivity contribution is 8.23. The standard InChI is InChI=1S/C14H26N2S2/c1-15(2)14(17)18-13-9-5-4-8-12(13)16-10-6-3-7-11-16/h12-13H,3-11H2,1-2H3/t12-,13-/m1/s1. The second-order valence-corrected chi connectivity index (χ2v) is 7.64. The first-order chi connectivity index (χ1) is 8.68. The summed E-state index contributed by atoms with van der Waals surface area (Å²) in [7, 11) is 4.13. The number of rotatable bonds is 2. The van der Waals surface area contributed by atoms with Crippen molar-refractivity contribution in [2.45, 2.75) is 56.2 Å². The lowest BCUT2D eigenvalue weighted by Gasteiger charge is -2.41. The number of thiocarbonyl (C=S) groups is 1. The van der Waals surface area contributed by atoms with E-state index in [4.69, 9.17) is 12.2 Å². The van der Waals surface area contributed by atoms with Gasteiger partial charge in [-0.1, -0.05) is 43.2 Å². The molecule has 18 heavy (non-hydrogen) atoms. The number of hydrogen-bond acceptors (Lipinski definition) is 3. The van der Waals surface area contributed by atoms with E-state index < -0.39 is 0 Å². The zero-order chi connectivity index (χ0) is 13.0. The van der Waals surface area contributed by atoms with Crippen LogP contribution in [0.5, 0.6) is 0 Å². The van der Waals surface area contributed by atoms with E-state index in [9.17, 15) is 0 Å². The highest BCUT2D eigenvalue weighted by atomic mass is 32.2. The van der Waals surface area contributed by atoms with Crippen LogP contribution in [-0.4, -0.2) is 52.6 Å². The summed E-state index contributed by atoms with van der Waals surface area (Å²) in [6, 6.07) is 0.780. The van der Waals surface area contributed by atoms with Crippen molar-refractivity contribution in [1.82, 2.24) is 9.80 Å². The van der Waals surface area contributed by atoms with E-state index in [1.54, 1.807) is 0 Å². The molecule has 0 aromatic rings. The van der Waals surface area contributed by atoms with E-state index in [2.05, 4.69) is 23.9 Å². The second-order valence-electron chi connectivity index (χ2n) is 5.77. The van der Waals surface area contributed by atoms with E-state index >= 15 is 0 Å². The van der Waals surface area contributed by atoms with Gasteiger partial charge in [0, 0.05) is 25.4 Å². The molecule has 2 rings (SSSR count). The van der Waals surface area contributed by atoms with Gasteiger partial charge in [0.15, 0.2) is 0 Å². The van der Waals surface area contributed by atoms with Crippen molar-refractivity contribution in [1.29, 1.82) is 0 Å². The van der Waals surface area contributed by atoms with Gasteiger partial charge in [0.2, 0.25) is 0 Å². The van der Waals surface area contributed by atoms with Gasteiger partial charge in [-0.05, 0) is 38.8 Å². The fourth-order valence-corrected chi connectivity index (χ4v) is 4.71. The van der Waals surface area contributed by atoms with Crippen LogP contribution in [0.3, 0.4) is 0 Å². The van der Waals surface area contributed by atoms with E-state index in [1.165, 1.54) is 58.0 Å². The zero-order valence-corrected chi connectivity index (χ0v) is 13.4. The molecule has 2 aliphatic rings. The summed E-state index contributed by atoms with van der Waals surface area (Å²) in [4.78, 5) is 4.83. The van der Waals surface area contributed by atoms with Crippen LogP contribution in [0.2, 0.25) is 0 Å². The van der Waals surface area contributed by atoms with Crippen molar-refractivity contribution in [2.24, 2.45) is 0 Å². The maximum Gasteiger partial charge on any atom is 0.136 e. The molecule has 1 saturated heterocycles. The predicted molar refractivity (Wildman–Crippen MR) is 85.3 cm³/mol. The minimum Gasteiger partial charge on any atom is -0.364 e. The quantitative estimate of drug-likeness (QED) is 0.718. The largest absolute Gasteiger partial charge is 0.364 e. The first-order valence-corrected chi connectivity index (χ1v) is 8.59. The Bertz CT molecular complexity index is 275. The lowest BCUT2D eigenvalue weighted by atomic mass is 9.92. The van der Waals surface area contributed by atoms with Gasteiger partial charge in [0.25, 0.3) is 0 Å². The van der Waals surface area contributed by atoms with Crippen molar-refractivity contribution in [3.63, 3.8) is 0 Å². The molecule has 1 saturated carbocycles. The van der Waals surface area contributed by atoms with Gasteiger partial charge < -0.3 is 4.90 Å². The van der Waals surface area contributed by atoms with Crippen LogP contribution in [0.25, 0.3) is 0 Å². The van der Waals surface area contributed by atoms with Gasteiger partial charge in [-0.15, -0.1) is 0 Å². The van der Waals surface area contributed by atoms with Crippen LogP contribution in [0.4, 0.5) is 0 Å². The highest BCUT2D eigenvalue weighted by Gasteiger charge is 2.32. The van der Waals surface area contributed by atoms with Crippen molar-refractivity contribution in [2.75, 3.05) is 27.2 Å². The molecule has 0 spiro atoms. The van der Waals surface area contributed by atoms with E-state index in [0.717, 1.165) is 15.6 Å². The third kappa shape index (κ3) is 3.84. The molecule has 4 heteroatoms. The molecule has 1 aliphatic heterocycles. The van der Waals surface area contributed by atoms with Crippen LogP contribution in [-0.2, 0) is 0 Å². The van der Waals surface area contributed by atoms with Crippen molar-refractivity contribution >= 4 is 28.3 Å². The monoisotopic (exact) mass is 286 g/mol. The molecule has 0 aromatic carbocycles. The molecule has 0 aromatic heterocycles. The Balaban J connectivity index is 1.94. The van der Waals surface area contributed by atoms with E-state index in [-0.39, 0.29) is 0 Å². The second kappa shape index (κ2) is 7.11. The van der Waals surface area contributed by atoms with Crippen LogP contribution >= 0.6 is 24.0 Å². The summed E-state index contributed by atoms with van der Waals surface area (Å²) in [5, 5.41) is 0.728. The topological polar surface area (TPSA) is 6.48 Å². The molecule has 1 aliphatic carbocycles. The lowest BCUT2D eigenvalue weighted by Crippen LogP contribution is -2.47. The van der Waals surface area contributed by atoms with Crippen LogP contribution in [0.15, 0.2) is 0 Å². The molecule has 0 unspecified atom stereocenters. The predicted octanol–water partition coefficient (Wildman–Crippen LogP) is 3.36. The van der Waals surface area contributed by atoms with Crippen molar-refractivity contribution in [3.8, 4) is 0 Å². The number of thioether (sulfide) groups is 1. The Morgan fingerprint density at radius 3 is 2.39 bits per heavy atom. The minimum atomic E-state index is 0.728. The molecule has 0 N–H and O–H groups in total. The molecule has 2 nitrogen and oxygen atoms in total. The number of likely N-dealkylation sites (tertiary alicyclic amines) is 1. The maximum atomic E-state index is 5.48. The van der Waals surface area contributed by atoms with E-state index in [1.807, 2.05) is 11.8 Å². The summed E-state index contributed by atoms with van der Waals surface area (Å²) >= 11 is 7.43. The van der Waals surface area contributed by atoms with Gasteiger partial charge in [-0.2, -0.15) is 0 Å². The fourth-order valence-electron chi connectivity index (χ4n) is 3.12. The molecule has 104 valence electrons. The Kier molecular flexibility index (Phi) is 5.77. The van der Waals surface area contributed by atoms with Gasteiger partial charge in [0.1, 0.15) is 4.32 Å². The third-order valence-electron chi connectivity index (χ3n) is 4.14. The zero-order valence-electron chi connectivity index (χ0n) is 11.7. The Labute approximate surface area is 121 Å². The summed E-state index contributed by atoms with van der Waals surface area (Å²) in [5.74, 6) is 0. The number of piperidine rings is 1. The lowest BCUT2D eigenvalue weighted by molar-refractivity contribution is 0.135. The first kappa shape index (κ1) is 14.6. The van der Waals surface area contributed by atoms with Gasteiger partial charge in [-0.25, -0.2) is 0 Å². The normalized spacial score (nSPS) is 30.1. The smallest absolute Gasteiger partial charge is 0.136 e. The molecule has 2 atom stereocenters. The molecule has 0 bridgehead atoms. The molecule has 0 radical (unpaired) electrons. The minimum absolute atomic E-state index is 0.728. The van der Waals surface area contributed by atoms with E-state index in [0.29, 0.717) is 0 Å². The Hall–Kier alpha value is 0.200. The number of nitrogens with zero attached hydrogens (tertiary/aromatic N) is 2. The average Bonchev–Trinajstić information content (AvgIpc) is 2.40. The van der Waals surface area contributed by atoms with Crippen molar-refractivity contribution in [3.05, 3.63) is 0 Å². The summed E-state index contributed by atoms with van der Waals surface area (Å²) < 4.78 is 1.06. The van der Waals surface area contributed by atoms with Crippen LogP contribution in [0.1, 0.15) is 44.9 Å². The number of hydrogen-bond donors (Lipinski definition) is 0. The maximum absolute atomic E-state index is 5.48. The SMILES string of the molecule is CN(C)C(=S)S[C@@H]1CCCC[C@H]1N1CCCCC1. The Morgan fingerprint density at radius 1 is 1.06 bits per heavy atom. The van der Waals surface area contributed by atoms with Crippen molar-refractivity contribution < 1.29 is 0 Å². The third-order valence-corrected chi connectivity index (χ3v) is 6.22. The molecule has 0 amide bonds. The molecular formula is C14H26N2S2. The summed E-state index contributed by atoms with van der Waals surface area (Å²) in [6.45, 7) is 2.63. The van der Waals surface area contributed by atoms with Gasteiger partial charge in [-0.3, -0.25) is 4.90 Å². The summed E-state index contributed by atoms with van der Waals surface area (Å²) in [5.41, 5.74) is 0. The Morgan fingerprint density at radius 2 is 1.72 bits per heavy atom. The molecule has 2 fully saturated rings. The van der Waals surface area contributed by atoms with Crippen LogP contribution in [0, 0.1) is 0 Å². The first-order valence-electron chi connectivity index (χ1n) is 7.30. The fraction of sp³-hybridized carbons (Fsp3) is 0.929. The molecular weight excluding hydrogens is 260 g/mol. The highest BCUT2D eigenvalue weighted by Crippen LogP contribution is 2.34. The summed E-state index contributed by atoms with van der Waals surface area (Å²) in [6.07, 6.45) is 9.74. The van der Waals surface area contributed by atoms with Gasteiger partial charge >= 0.3 is 0 Å². The molecule has 1 heterocycles. The van der Waals surface area contributed by atoms with Crippen LogP contribution < -0.4 is 0 Å². The van der Waals surface area contributed by atoms with Gasteiger partial charge in [0.05, 0.1) is 0 Å².